The van der Waals surface area contributed by atoms with E-state index in [4.69, 9.17) is 15.6 Å². The van der Waals surface area contributed by atoms with E-state index < -0.39 is 9.84 Å². The molecule has 0 saturated heterocycles. The molecule has 0 aliphatic rings. The summed E-state index contributed by atoms with van der Waals surface area (Å²) >= 11 is 0. The number of benzene rings is 1. The third kappa shape index (κ3) is 3.86. The smallest absolute Gasteiger partial charge is 0.175 e. The molecular weight excluding hydrogens is 256 g/mol. The van der Waals surface area contributed by atoms with Gasteiger partial charge in [-0.05, 0) is 18.2 Å². The average molecular weight is 274 g/mol. The Hall–Kier alpha value is -1.31. The number of nitrogen functional groups attached to an aromatic ring is 1. The average Bonchev–Trinajstić information content (AvgIpc) is 2.29. The van der Waals surface area contributed by atoms with Gasteiger partial charge >= 0.3 is 0 Å². The van der Waals surface area contributed by atoms with Crippen LogP contribution < -0.4 is 11.1 Å². The van der Waals surface area contributed by atoms with Crippen molar-refractivity contribution >= 4 is 21.2 Å². The van der Waals surface area contributed by atoms with Crippen molar-refractivity contribution in [2.24, 2.45) is 0 Å². The van der Waals surface area contributed by atoms with Gasteiger partial charge in [-0.25, -0.2) is 8.42 Å². The Balaban J connectivity index is 2.92. The zero-order chi connectivity index (χ0) is 13.8. The fourth-order valence-electron chi connectivity index (χ4n) is 1.46. The van der Waals surface area contributed by atoms with Crippen LogP contribution in [0.25, 0.3) is 0 Å². The number of nitrogens with two attached hydrogens (primary N) is 1. The summed E-state index contributed by atoms with van der Waals surface area (Å²) < 4.78 is 27.6. The molecule has 0 aliphatic carbocycles. The van der Waals surface area contributed by atoms with Crippen molar-refractivity contribution in [3.8, 4) is 0 Å². The highest BCUT2D eigenvalue weighted by Crippen LogP contribution is 2.23. The molecule has 6 nitrogen and oxygen atoms in total. The van der Waals surface area contributed by atoms with Gasteiger partial charge in [-0.15, -0.1) is 0 Å². The van der Waals surface area contributed by atoms with E-state index >= 15 is 0 Å². The third-order valence-electron chi connectivity index (χ3n) is 2.40. The molecule has 0 radical (unpaired) electrons. The highest BCUT2D eigenvalue weighted by Gasteiger charge is 2.12. The summed E-state index contributed by atoms with van der Waals surface area (Å²) in [4.78, 5) is 0.165. The summed E-state index contributed by atoms with van der Waals surface area (Å²) in [6.07, 6.45) is 1.12. The maximum Gasteiger partial charge on any atom is 0.175 e. The standard InChI is InChI=1S/C11H18N2O4S/c1-17-7-8(6-14)13-11-4-3-9(5-10(11)12)18(2,15)16/h3-5,8,13-14H,6-7,12H2,1-2H3. The van der Waals surface area contributed by atoms with E-state index in [1.165, 1.54) is 19.2 Å². The van der Waals surface area contributed by atoms with E-state index in [1.807, 2.05) is 0 Å². The third-order valence-corrected chi connectivity index (χ3v) is 3.51. The SMILES string of the molecule is COCC(CO)Nc1ccc(S(C)(=O)=O)cc1N. The molecule has 0 spiro atoms. The summed E-state index contributed by atoms with van der Waals surface area (Å²) in [5.41, 5.74) is 6.65. The van der Waals surface area contributed by atoms with Crippen LogP contribution >= 0.6 is 0 Å². The Bertz CT molecular complexity index is 502. The van der Waals surface area contributed by atoms with Gasteiger partial charge in [0.05, 0.1) is 35.5 Å². The first-order chi connectivity index (χ1) is 8.38. The molecule has 1 atom stereocenters. The molecule has 4 N–H and O–H groups in total. The van der Waals surface area contributed by atoms with E-state index in [-0.39, 0.29) is 17.5 Å². The van der Waals surface area contributed by atoms with E-state index in [2.05, 4.69) is 5.32 Å². The first-order valence-corrected chi connectivity index (χ1v) is 7.23. The number of hydrogen-bond acceptors (Lipinski definition) is 6. The largest absolute Gasteiger partial charge is 0.397 e. The minimum Gasteiger partial charge on any atom is -0.397 e. The zero-order valence-electron chi connectivity index (χ0n) is 10.4. The zero-order valence-corrected chi connectivity index (χ0v) is 11.2. The van der Waals surface area contributed by atoms with E-state index in [1.54, 1.807) is 6.07 Å². The van der Waals surface area contributed by atoms with Crippen LogP contribution in [0.5, 0.6) is 0 Å². The predicted molar refractivity (Wildman–Crippen MR) is 70.3 cm³/mol. The molecule has 0 aromatic heterocycles. The van der Waals surface area contributed by atoms with Gasteiger partial charge in [0.2, 0.25) is 0 Å². The fourth-order valence-corrected chi connectivity index (χ4v) is 2.12. The predicted octanol–water partition coefficient (Wildman–Crippen LogP) is 0.0915. The first-order valence-electron chi connectivity index (χ1n) is 5.34. The van der Waals surface area contributed by atoms with Crippen molar-refractivity contribution in [2.75, 3.05) is 37.6 Å². The van der Waals surface area contributed by atoms with Crippen LogP contribution in [0.1, 0.15) is 0 Å². The number of ether oxygens (including phenoxy) is 1. The molecule has 1 unspecified atom stereocenters. The van der Waals surface area contributed by atoms with Gasteiger partial charge in [-0.3, -0.25) is 0 Å². The second kappa shape index (κ2) is 6.03. The molecule has 0 fully saturated rings. The van der Waals surface area contributed by atoms with Crippen LogP contribution in [0.15, 0.2) is 23.1 Å². The molecule has 0 heterocycles. The van der Waals surface area contributed by atoms with Gasteiger partial charge in [0.25, 0.3) is 0 Å². The Kier molecular flexibility index (Phi) is 4.94. The topological polar surface area (TPSA) is 102 Å². The number of anilines is 2. The monoisotopic (exact) mass is 274 g/mol. The van der Waals surface area contributed by atoms with Crippen LogP contribution in [0.2, 0.25) is 0 Å². The van der Waals surface area contributed by atoms with Crippen LogP contribution in [-0.2, 0) is 14.6 Å². The van der Waals surface area contributed by atoms with E-state index in [9.17, 15) is 8.42 Å². The number of rotatable bonds is 6. The highest BCUT2D eigenvalue weighted by molar-refractivity contribution is 7.90. The maximum atomic E-state index is 11.3. The number of nitrogens with one attached hydrogen (secondary N) is 1. The van der Waals surface area contributed by atoms with Gasteiger partial charge in [-0.1, -0.05) is 0 Å². The molecule has 1 aromatic rings. The van der Waals surface area contributed by atoms with Crippen molar-refractivity contribution < 1.29 is 18.3 Å². The van der Waals surface area contributed by atoms with Crippen LogP contribution in [0, 0.1) is 0 Å². The van der Waals surface area contributed by atoms with E-state index in [0.717, 1.165) is 6.26 Å². The summed E-state index contributed by atoms with van der Waals surface area (Å²) in [7, 11) is -1.74. The number of hydrogen-bond donors (Lipinski definition) is 3. The molecule has 18 heavy (non-hydrogen) atoms. The lowest BCUT2D eigenvalue weighted by Crippen LogP contribution is -2.29. The lowest BCUT2D eigenvalue weighted by Gasteiger charge is -2.18. The fraction of sp³-hybridized carbons (Fsp3) is 0.455. The van der Waals surface area contributed by atoms with Gasteiger partial charge in [-0.2, -0.15) is 0 Å². The second-order valence-corrected chi connectivity index (χ2v) is 6.02. The summed E-state index contributed by atoms with van der Waals surface area (Å²) in [5, 5.41) is 12.1. The van der Waals surface area contributed by atoms with Crippen molar-refractivity contribution in [3.05, 3.63) is 18.2 Å². The van der Waals surface area contributed by atoms with Crippen molar-refractivity contribution in [2.45, 2.75) is 10.9 Å². The number of methoxy groups -OCH3 is 1. The van der Waals surface area contributed by atoms with Crippen molar-refractivity contribution in [1.82, 2.24) is 0 Å². The molecule has 0 saturated carbocycles. The Morgan fingerprint density at radius 2 is 2.17 bits per heavy atom. The van der Waals surface area contributed by atoms with Gasteiger partial charge in [0, 0.05) is 13.4 Å². The summed E-state index contributed by atoms with van der Waals surface area (Å²) in [6, 6.07) is 4.14. The van der Waals surface area contributed by atoms with E-state index in [0.29, 0.717) is 18.0 Å². The minimum absolute atomic E-state index is 0.110. The molecule has 102 valence electrons. The van der Waals surface area contributed by atoms with Crippen LogP contribution in [-0.4, -0.2) is 46.1 Å². The van der Waals surface area contributed by atoms with Crippen molar-refractivity contribution in [1.29, 1.82) is 0 Å². The minimum atomic E-state index is -3.27. The Labute approximate surface area is 107 Å². The van der Waals surface area contributed by atoms with Crippen LogP contribution in [0.3, 0.4) is 0 Å². The Morgan fingerprint density at radius 3 is 2.61 bits per heavy atom. The normalized spacial score (nSPS) is 13.3. The molecule has 1 rings (SSSR count). The molecule has 0 bridgehead atoms. The molecule has 1 aromatic carbocycles. The molecule has 0 amide bonds. The molecular formula is C11H18N2O4S. The number of sulfone groups is 1. The van der Waals surface area contributed by atoms with Crippen LogP contribution in [0.4, 0.5) is 11.4 Å². The number of aliphatic hydroxyl groups is 1. The Morgan fingerprint density at radius 1 is 1.50 bits per heavy atom. The molecule has 0 aliphatic heterocycles. The van der Waals surface area contributed by atoms with Gasteiger partial charge < -0.3 is 20.9 Å². The summed E-state index contributed by atoms with van der Waals surface area (Å²) in [5.74, 6) is 0. The highest BCUT2D eigenvalue weighted by atomic mass is 32.2. The lowest BCUT2D eigenvalue weighted by molar-refractivity contribution is 0.153. The maximum absolute atomic E-state index is 11.3. The van der Waals surface area contributed by atoms with Crippen molar-refractivity contribution in [3.63, 3.8) is 0 Å². The first kappa shape index (κ1) is 14.7. The second-order valence-electron chi connectivity index (χ2n) is 4.00. The summed E-state index contributed by atoms with van der Waals surface area (Å²) in [6.45, 7) is 0.213. The van der Waals surface area contributed by atoms with Gasteiger partial charge in [0.15, 0.2) is 9.84 Å². The quantitative estimate of drug-likeness (QED) is 0.636. The lowest BCUT2D eigenvalue weighted by atomic mass is 10.2. The van der Waals surface area contributed by atoms with Gasteiger partial charge in [0.1, 0.15) is 0 Å². The number of aliphatic hydroxyl groups excluding tert-OH is 1. The molecule has 7 heteroatoms.